The van der Waals surface area contributed by atoms with Gasteiger partial charge in [0.2, 0.25) is 0 Å². The van der Waals surface area contributed by atoms with Crippen molar-refractivity contribution in [2.24, 2.45) is 0 Å². The van der Waals surface area contributed by atoms with Crippen molar-refractivity contribution in [3.05, 3.63) is 81.9 Å². The summed E-state index contributed by atoms with van der Waals surface area (Å²) in [6, 6.07) is 16.9. The Kier molecular flexibility index (Phi) is 6.52. The van der Waals surface area contributed by atoms with Crippen molar-refractivity contribution in [1.29, 1.82) is 0 Å². The van der Waals surface area contributed by atoms with Crippen LogP contribution < -0.4 is 5.32 Å². The zero-order valence-electron chi connectivity index (χ0n) is 16.6. The summed E-state index contributed by atoms with van der Waals surface area (Å²) in [5, 5.41) is 3.47. The van der Waals surface area contributed by atoms with Gasteiger partial charge in [0.05, 0.1) is 30.4 Å². The van der Waals surface area contributed by atoms with Gasteiger partial charge in [-0.05, 0) is 24.6 Å². The third-order valence-corrected chi connectivity index (χ3v) is 6.07. The summed E-state index contributed by atoms with van der Waals surface area (Å²) in [6.07, 6.45) is -0.449. The normalized spacial score (nSPS) is 19.2. The summed E-state index contributed by atoms with van der Waals surface area (Å²) in [5.41, 5.74) is 2.79. The molecule has 1 N–H and O–H groups in total. The molecule has 7 heteroatoms. The predicted octanol–water partition coefficient (Wildman–Crippen LogP) is 3.77. The van der Waals surface area contributed by atoms with Gasteiger partial charge in [0.1, 0.15) is 0 Å². The van der Waals surface area contributed by atoms with Gasteiger partial charge in [-0.3, -0.25) is 4.79 Å². The highest BCUT2D eigenvalue weighted by Crippen LogP contribution is 2.41. The number of carbonyl (C=O) groups excluding carboxylic acids is 2. The molecule has 1 unspecified atom stereocenters. The monoisotopic (exact) mass is 425 g/mol. The maximum atomic E-state index is 12.9. The largest absolute Gasteiger partial charge is 0.463 e. The van der Waals surface area contributed by atoms with Crippen molar-refractivity contribution in [2.75, 3.05) is 25.6 Å². The number of rotatable bonds is 6. The molecule has 0 saturated carbocycles. The number of hydrogen-bond donors (Lipinski definition) is 1. The van der Waals surface area contributed by atoms with Gasteiger partial charge in [-0.25, -0.2) is 4.79 Å². The maximum absolute atomic E-state index is 12.9. The highest BCUT2D eigenvalue weighted by molar-refractivity contribution is 8.03. The Labute approximate surface area is 179 Å². The van der Waals surface area contributed by atoms with Gasteiger partial charge in [0.25, 0.3) is 5.91 Å². The van der Waals surface area contributed by atoms with E-state index in [1.807, 2.05) is 36.4 Å². The number of ether oxygens (including phenoxy) is 3. The molecule has 1 fully saturated rings. The van der Waals surface area contributed by atoms with Crippen LogP contribution in [0.25, 0.3) is 0 Å². The minimum Gasteiger partial charge on any atom is -0.463 e. The highest BCUT2D eigenvalue weighted by Gasteiger charge is 2.34. The van der Waals surface area contributed by atoms with Gasteiger partial charge >= 0.3 is 5.97 Å². The SMILES string of the molecule is CCOC(=O)C1=C(NC(=O)c2cccc(C3OCCO3)c2)SCC1c1ccccc1. The number of amides is 1. The molecule has 2 heterocycles. The second-order valence-electron chi connectivity index (χ2n) is 6.89. The Morgan fingerprint density at radius 2 is 1.80 bits per heavy atom. The summed E-state index contributed by atoms with van der Waals surface area (Å²) in [7, 11) is 0. The average Bonchev–Trinajstić information content (AvgIpc) is 3.45. The van der Waals surface area contributed by atoms with Crippen LogP contribution in [0.5, 0.6) is 0 Å². The van der Waals surface area contributed by atoms with E-state index in [0.717, 1.165) is 11.1 Å². The lowest BCUT2D eigenvalue weighted by molar-refractivity contribution is -0.138. The molecule has 2 aromatic rings. The van der Waals surface area contributed by atoms with Crippen LogP contribution in [-0.2, 0) is 19.0 Å². The standard InChI is InChI=1S/C23H23NO5S/c1-2-27-22(26)19-18(15-7-4-3-5-8-15)14-30-21(19)24-20(25)16-9-6-10-17(13-16)23-28-11-12-29-23/h3-10,13,18,23H,2,11-12,14H2,1H3,(H,24,25). The summed E-state index contributed by atoms with van der Waals surface area (Å²) in [4.78, 5) is 25.7. The van der Waals surface area contributed by atoms with Gasteiger partial charge in [0.15, 0.2) is 6.29 Å². The van der Waals surface area contributed by atoms with Crippen LogP contribution >= 0.6 is 11.8 Å². The molecule has 1 saturated heterocycles. The molecule has 0 aromatic heterocycles. The van der Waals surface area contributed by atoms with Crippen LogP contribution in [-0.4, -0.2) is 37.4 Å². The zero-order valence-corrected chi connectivity index (χ0v) is 17.4. The fraction of sp³-hybridized carbons (Fsp3) is 0.304. The van der Waals surface area contributed by atoms with Crippen molar-refractivity contribution in [1.82, 2.24) is 5.32 Å². The molecule has 2 aliphatic rings. The Hall–Kier alpha value is -2.61. The van der Waals surface area contributed by atoms with Gasteiger partial charge in [-0.15, -0.1) is 11.8 Å². The van der Waals surface area contributed by atoms with Crippen molar-refractivity contribution >= 4 is 23.6 Å². The third-order valence-electron chi connectivity index (χ3n) is 4.95. The molecule has 156 valence electrons. The van der Waals surface area contributed by atoms with E-state index in [0.29, 0.717) is 35.1 Å². The smallest absolute Gasteiger partial charge is 0.337 e. The molecule has 4 rings (SSSR count). The molecular formula is C23H23NO5S. The number of thioether (sulfide) groups is 1. The molecule has 1 atom stereocenters. The van der Waals surface area contributed by atoms with E-state index in [2.05, 4.69) is 5.32 Å². The Morgan fingerprint density at radius 1 is 1.07 bits per heavy atom. The molecule has 1 amide bonds. The zero-order chi connectivity index (χ0) is 20.9. The molecule has 0 bridgehead atoms. The van der Waals surface area contributed by atoms with E-state index in [9.17, 15) is 9.59 Å². The van der Waals surface area contributed by atoms with E-state index in [1.54, 1.807) is 25.1 Å². The van der Waals surface area contributed by atoms with Crippen molar-refractivity contribution in [2.45, 2.75) is 19.1 Å². The molecular weight excluding hydrogens is 402 g/mol. The number of nitrogens with one attached hydrogen (secondary N) is 1. The van der Waals surface area contributed by atoms with Crippen LogP contribution in [0.2, 0.25) is 0 Å². The van der Waals surface area contributed by atoms with E-state index >= 15 is 0 Å². The molecule has 0 radical (unpaired) electrons. The lowest BCUT2D eigenvalue weighted by Gasteiger charge is -2.15. The Balaban J connectivity index is 1.59. The first kappa shape index (κ1) is 20.7. The topological polar surface area (TPSA) is 73.9 Å². The van der Waals surface area contributed by atoms with Gasteiger partial charge < -0.3 is 19.5 Å². The van der Waals surface area contributed by atoms with Gasteiger partial charge in [0, 0.05) is 22.8 Å². The van der Waals surface area contributed by atoms with Gasteiger partial charge in [-0.2, -0.15) is 0 Å². The summed E-state index contributed by atoms with van der Waals surface area (Å²) < 4.78 is 16.3. The lowest BCUT2D eigenvalue weighted by atomic mass is 9.93. The van der Waals surface area contributed by atoms with Crippen molar-refractivity contribution in [3.63, 3.8) is 0 Å². The summed E-state index contributed by atoms with van der Waals surface area (Å²) in [6.45, 7) is 3.12. The second kappa shape index (κ2) is 9.47. The van der Waals surface area contributed by atoms with Crippen LogP contribution in [0, 0.1) is 0 Å². The molecule has 2 aromatic carbocycles. The number of carbonyl (C=O) groups is 2. The number of esters is 1. The average molecular weight is 426 g/mol. The third kappa shape index (κ3) is 4.43. The molecule has 30 heavy (non-hydrogen) atoms. The fourth-order valence-corrected chi connectivity index (χ4v) is 4.77. The number of benzene rings is 2. The first-order chi connectivity index (χ1) is 14.7. The van der Waals surface area contributed by atoms with Crippen LogP contribution in [0.1, 0.15) is 40.6 Å². The van der Waals surface area contributed by atoms with Crippen molar-refractivity contribution < 1.29 is 23.8 Å². The van der Waals surface area contributed by atoms with E-state index in [-0.39, 0.29) is 18.4 Å². The summed E-state index contributed by atoms with van der Waals surface area (Å²) in [5.74, 6) is -0.143. The van der Waals surface area contributed by atoms with E-state index in [4.69, 9.17) is 14.2 Å². The predicted molar refractivity (Wildman–Crippen MR) is 114 cm³/mol. The minimum absolute atomic E-state index is 0.128. The second-order valence-corrected chi connectivity index (χ2v) is 7.92. The quantitative estimate of drug-likeness (QED) is 0.711. The first-order valence-corrected chi connectivity index (χ1v) is 10.9. The first-order valence-electron chi connectivity index (χ1n) is 9.91. The maximum Gasteiger partial charge on any atom is 0.337 e. The van der Waals surface area contributed by atoms with Crippen LogP contribution in [0.15, 0.2) is 65.2 Å². The van der Waals surface area contributed by atoms with E-state index < -0.39 is 12.3 Å². The van der Waals surface area contributed by atoms with Crippen molar-refractivity contribution in [3.8, 4) is 0 Å². The Morgan fingerprint density at radius 3 is 2.53 bits per heavy atom. The van der Waals surface area contributed by atoms with E-state index in [1.165, 1.54) is 11.8 Å². The summed E-state index contributed by atoms with van der Waals surface area (Å²) >= 11 is 1.46. The fourth-order valence-electron chi connectivity index (χ4n) is 3.53. The lowest BCUT2D eigenvalue weighted by Crippen LogP contribution is -2.24. The van der Waals surface area contributed by atoms with Crippen LogP contribution in [0.4, 0.5) is 0 Å². The molecule has 2 aliphatic heterocycles. The molecule has 6 nitrogen and oxygen atoms in total. The minimum atomic E-state index is -0.449. The van der Waals surface area contributed by atoms with Crippen LogP contribution in [0.3, 0.4) is 0 Å². The van der Waals surface area contributed by atoms with Gasteiger partial charge in [-0.1, -0.05) is 42.5 Å². The number of hydrogen-bond acceptors (Lipinski definition) is 6. The Bertz CT molecular complexity index is 953. The molecule has 0 aliphatic carbocycles. The molecule has 0 spiro atoms. The highest BCUT2D eigenvalue weighted by atomic mass is 32.2.